The first-order chi connectivity index (χ1) is 23.8. The minimum Gasteiger partial charge on any atom is -1.00 e. The van der Waals surface area contributed by atoms with Gasteiger partial charge in [0, 0.05) is 6.61 Å². The molecular formula is C31H56Cl2N10O9S. The summed E-state index contributed by atoms with van der Waals surface area (Å²) in [5, 5.41) is 29.3. The number of aromatic nitrogens is 2. The Morgan fingerprint density at radius 2 is 1.25 bits per heavy atom. The van der Waals surface area contributed by atoms with Crippen LogP contribution in [0, 0.1) is 20.2 Å². The third-order valence-electron chi connectivity index (χ3n) is 8.02. The van der Waals surface area contributed by atoms with E-state index in [0.29, 0.717) is 24.5 Å². The summed E-state index contributed by atoms with van der Waals surface area (Å²) in [6, 6.07) is 2.74. The van der Waals surface area contributed by atoms with E-state index in [1.807, 2.05) is 4.90 Å². The van der Waals surface area contributed by atoms with Crippen LogP contribution in [0.5, 0.6) is 0 Å². The first-order valence-corrected chi connectivity index (χ1v) is 17.8. The van der Waals surface area contributed by atoms with Crippen LogP contribution in [0.4, 0.5) is 34.4 Å². The minimum absolute atomic E-state index is 0. The largest absolute Gasteiger partial charge is 1.00 e. The lowest BCUT2D eigenvalue weighted by Gasteiger charge is -2.39. The Hall–Kier alpha value is -3.63. The number of aliphatic hydroxyl groups excluding tert-OH is 1. The number of rotatable bonds is 5. The number of nitrogens with zero attached hydrogens (tertiary/aromatic N) is 8. The normalized spacial score (nSPS) is 16.8. The lowest BCUT2D eigenvalue weighted by atomic mass is 10.1. The fourth-order valence-electron chi connectivity index (χ4n) is 4.87. The van der Waals surface area contributed by atoms with Gasteiger partial charge >= 0.3 is 5.69 Å². The highest BCUT2D eigenvalue weighted by atomic mass is 35.5. The number of pyridine rings is 2. The predicted octanol–water partition coefficient (Wildman–Crippen LogP) is -0.429. The van der Waals surface area contributed by atoms with E-state index >= 15 is 0 Å². The number of anilines is 4. The Bertz CT molecular complexity index is 1530. The summed E-state index contributed by atoms with van der Waals surface area (Å²) in [5.41, 5.74) is 12.2. The summed E-state index contributed by atoms with van der Waals surface area (Å²) in [5.74, 6) is 1.08. The van der Waals surface area contributed by atoms with Crippen molar-refractivity contribution < 1.29 is 53.5 Å². The molecule has 0 amide bonds. The van der Waals surface area contributed by atoms with Crippen molar-refractivity contribution in [3.05, 3.63) is 56.9 Å². The van der Waals surface area contributed by atoms with Crippen molar-refractivity contribution in [1.82, 2.24) is 9.97 Å². The van der Waals surface area contributed by atoms with Crippen LogP contribution in [0.3, 0.4) is 0 Å². The second-order valence-electron chi connectivity index (χ2n) is 13.1. The van der Waals surface area contributed by atoms with Gasteiger partial charge in [-0.3, -0.25) is 24.4 Å². The second kappa shape index (κ2) is 24.6. The summed E-state index contributed by atoms with van der Waals surface area (Å²) >= 11 is 0. The molecule has 0 bridgehead atoms. The molecule has 5 rings (SSSR count). The third-order valence-corrected chi connectivity index (χ3v) is 8.43. The van der Waals surface area contributed by atoms with Crippen LogP contribution in [0.15, 0.2) is 36.7 Å². The monoisotopic (exact) mass is 814 g/mol. The predicted molar refractivity (Wildman–Crippen MR) is 203 cm³/mol. The zero-order valence-corrected chi connectivity index (χ0v) is 33.7. The van der Waals surface area contributed by atoms with Gasteiger partial charge in [0.05, 0.1) is 121 Å². The average molecular weight is 816 g/mol. The molecule has 2 aliphatic heterocycles. The van der Waals surface area contributed by atoms with Crippen molar-refractivity contribution in [3.8, 4) is 0 Å². The van der Waals surface area contributed by atoms with E-state index in [1.165, 1.54) is 25.7 Å². The topological polar surface area (TPSA) is 257 Å². The molecule has 2 fully saturated rings. The Morgan fingerprint density at radius 3 is 1.57 bits per heavy atom. The van der Waals surface area contributed by atoms with Gasteiger partial charge < -0.3 is 52.3 Å². The fraction of sp³-hybridized carbons (Fsp3) is 0.613. The molecule has 1 aliphatic carbocycles. The summed E-state index contributed by atoms with van der Waals surface area (Å²) < 4.78 is 32.9. The van der Waals surface area contributed by atoms with Crippen LogP contribution in [-0.2, 0) is 14.6 Å². The van der Waals surface area contributed by atoms with Gasteiger partial charge in [-0.1, -0.05) is 12.2 Å². The molecule has 2 aromatic heterocycles. The summed E-state index contributed by atoms with van der Waals surface area (Å²) in [6.07, 6.45) is 12.7. The maximum atomic E-state index is 11.1. The van der Waals surface area contributed by atoms with Crippen molar-refractivity contribution in [1.29, 1.82) is 0 Å². The number of aliphatic hydroxyl groups is 1. The highest BCUT2D eigenvalue weighted by molar-refractivity contribution is 7.80. The highest BCUT2D eigenvalue weighted by Gasteiger charge is 2.31. The molecule has 0 aromatic carbocycles. The summed E-state index contributed by atoms with van der Waals surface area (Å²) in [7, 11) is 5.07. The number of likely N-dealkylation sites (N-methyl/N-ethyl adjacent to an activating group) is 2. The van der Waals surface area contributed by atoms with Crippen molar-refractivity contribution in [3.63, 3.8) is 0 Å². The number of nitro groups is 2. The Morgan fingerprint density at radius 1 is 0.849 bits per heavy atom. The number of piperazine rings is 2. The van der Waals surface area contributed by atoms with Gasteiger partial charge in [0.1, 0.15) is 6.20 Å². The molecule has 19 nitrogen and oxygen atoms in total. The van der Waals surface area contributed by atoms with Crippen LogP contribution in [0.25, 0.3) is 0 Å². The molecule has 53 heavy (non-hydrogen) atoms. The molecule has 2 aromatic rings. The molecule has 0 radical (unpaired) electrons. The van der Waals surface area contributed by atoms with E-state index in [9.17, 15) is 33.2 Å². The third kappa shape index (κ3) is 20.4. The second-order valence-corrected chi connectivity index (χ2v) is 14.3. The van der Waals surface area contributed by atoms with Crippen LogP contribution >= 0.6 is 12.4 Å². The lowest BCUT2D eigenvalue weighted by molar-refractivity contribution is -0.890. The van der Waals surface area contributed by atoms with Crippen molar-refractivity contribution >= 4 is 57.2 Å². The molecule has 22 heteroatoms. The molecule has 0 unspecified atom stereocenters. The average Bonchev–Trinajstić information content (AvgIpc) is 3.06. The van der Waals surface area contributed by atoms with Gasteiger partial charge in [-0.15, -0.1) is 12.4 Å². The summed E-state index contributed by atoms with van der Waals surface area (Å²) in [6.45, 7) is 9.11. The minimum atomic E-state index is -4.41. The Kier molecular flexibility index (Phi) is 23.9. The quantitative estimate of drug-likeness (QED) is 0.0865. The van der Waals surface area contributed by atoms with E-state index in [2.05, 4.69) is 59.4 Å². The maximum absolute atomic E-state index is 11.1. The number of halogens is 2. The van der Waals surface area contributed by atoms with E-state index < -0.39 is 20.2 Å². The zero-order chi connectivity index (χ0) is 38.8. The van der Waals surface area contributed by atoms with Gasteiger partial charge in [0.15, 0.2) is 5.82 Å². The number of hydrogen-bond acceptors (Lipinski definition) is 15. The number of allylic oxidation sites excluding steroid dienone is 2. The smallest absolute Gasteiger partial charge is 0.318 e. The molecule has 304 valence electrons. The number of nitrogen functional groups attached to an aromatic ring is 2. The van der Waals surface area contributed by atoms with Gasteiger partial charge in [0.2, 0.25) is 16.2 Å². The number of hydrogen-bond donors (Lipinski definition) is 3. The van der Waals surface area contributed by atoms with Crippen LogP contribution in [0.2, 0.25) is 0 Å². The zero-order valence-electron chi connectivity index (χ0n) is 31.3. The van der Waals surface area contributed by atoms with Crippen molar-refractivity contribution in [2.24, 2.45) is 0 Å². The van der Waals surface area contributed by atoms with Crippen molar-refractivity contribution in [2.45, 2.75) is 32.6 Å². The Balaban J connectivity index is 0. The van der Waals surface area contributed by atoms with E-state index in [4.69, 9.17) is 16.6 Å². The molecule has 0 saturated carbocycles. The molecule has 5 N–H and O–H groups in total. The highest BCUT2D eigenvalue weighted by Crippen LogP contribution is 2.30. The van der Waals surface area contributed by atoms with Crippen molar-refractivity contribution in [2.75, 3.05) is 116 Å². The first kappa shape index (κ1) is 51.5. The van der Waals surface area contributed by atoms with Gasteiger partial charge in [0.25, 0.3) is 5.69 Å². The molecule has 3 aliphatic rings. The first-order valence-electron chi connectivity index (χ1n) is 16.5. The number of nitrogens with two attached hydrogens (primary N) is 2. The lowest BCUT2D eigenvalue weighted by Crippen LogP contribution is -3.00. The van der Waals surface area contributed by atoms with Gasteiger partial charge in [-0.2, -0.15) is 0 Å². The van der Waals surface area contributed by atoms with Gasteiger partial charge in [-0.05, 0) is 38.7 Å². The number of quaternary nitrogens is 2. The maximum Gasteiger partial charge on any atom is 0.318 e. The standard InChI is InChI=1S/C11H16N5O4.C11H20N5.C6H10.C2H6O.CH4O4S.2ClH/c1-16(2)5-3-13(4-6-16)11-10(15(19)20)7-9(8-12-11)14(17)18;1-16(2)5-3-15(4-6-16)11-10(13)7-9(12)8-14-11;1-2-4-6-5-3-1;1-2-3;1-5-6(2,3)4;;/h7-8H,3-6H2,1-2H3;7-8H,3-6,12-13H2,1-2H3;1-2H,3-6H2;3H,2H2,1H3;1H3,(H,2,3,4);2*1H/q2*+1;;;;;/p-2. The van der Waals surface area contributed by atoms with Crippen LogP contribution in [0.1, 0.15) is 32.6 Å². The SMILES string of the molecule is C1=CCCCC1.CCO.COS(=O)(=O)[O-].C[N+]1(C)CCN(c2ncc(N)cc2N)CC1.C[N+]1(C)CCN(c2ncc([N+](=O)[O-])cc2[N+](=O)[O-])CC1.Cl.[Cl-]. The van der Waals surface area contributed by atoms with Crippen LogP contribution in [-0.4, -0.2) is 141 Å². The Labute approximate surface area is 324 Å². The van der Waals surface area contributed by atoms with Gasteiger partial charge in [-0.25, -0.2) is 18.4 Å². The molecule has 0 atom stereocenters. The van der Waals surface area contributed by atoms with E-state index in [-0.39, 0.29) is 48.6 Å². The molecule has 0 spiro atoms. The molecular weight excluding hydrogens is 759 g/mol. The van der Waals surface area contributed by atoms with E-state index in [0.717, 1.165) is 73.4 Å². The summed E-state index contributed by atoms with van der Waals surface area (Å²) in [4.78, 5) is 32.7. The fourth-order valence-corrected chi connectivity index (χ4v) is 4.87. The van der Waals surface area contributed by atoms with E-state index in [1.54, 1.807) is 19.2 Å². The molecule has 4 heterocycles. The molecule has 2 saturated heterocycles. The van der Waals surface area contributed by atoms with Crippen LogP contribution < -0.4 is 33.7 Å².